The molecule has 0 aromatic heterocycles. The van der Waals surface area contributed by atoms with Crippen LogP contribution in [0.1, 0.15) is 16.8 Å². The molecular formula is C12H17N3O. The fourth-order valence-corrected chi connectivity index (χ4v) is 1.90. The van der Waals surface area contributed by atoms with Gasteiger partial charge in [-0.05, 0) is 31.2 Å². The van der Waals surface area contributed by atoms with Crippen molar-refractivity contribution in [3.05, 3.63) is 29.8 Å². The van der Waals surface area contributed by atoms with Crippen LogP contribution >= 0.6 is 0 Å². The van der Waals surface area contributed by atoms with Crippen LogP contribution in [0.4, 0.5) is 5.69 Å². The van der Waals surface area contributed by atoms with Crippen molar-refractivity contribution < 1.29 is 4.79 Å². The van der Waals surface area contributed by atoms with Crippen molar-refractivity contribution in [1.29, 1.82) is 0 Å². The van der Waals surface area contributed by atoms with E-state index in [1.807, 2.05) is 17.0 Å². The van der Waals surface area contributed by atoms with Gasteiger partial charge in [0.15, 0.2) is 0 Å². The molecule has 0 aliphatic carbocycles. The third-order valence-corrected chi connectivity index (χ3v) is 2.76. The topological polar surface area (TPSA) is 58.4 Å². The van der Waals surface area contributed by atoms with E-state index in [1.165, 1.54) is 0 Å². The molecule has 3 N–H and O–H groups in total. The van der Waals surface area contributed by atoms with Gasteiger partial charge in [0, 0.05) is 30.9 Å². The minimum Gasteiger partial charge on any atom is -0.399 e. The Morgan fingerprint density at radius 2 is 2.19 bits per heavy atom. The van der Waals surface area contributed by atoms with E-state index in [0.29, 0.717) is 11.3 Å². The Bertz CT molecular complexity index is 370. The molecule has 1 amide bonds. The largest absolute Gasteiger partial charge is 0.399 e. The Kier molecular flexibility index (Phi) is 3.41. The maximum Gasteiger partial charge on any atom is 0.253 e. The zero-order valence-corrected chi connectivity index (χ0v) is 9.28. The first-order valence-corrected chi connectivity index (χ1v) is 5.63. The lowest BCUT2D eigenvalue weighted by molar-refractivity contribution is 0.0766. The van der Waals surface area contributed by atoms with Crippen LogP contribution in [0.2, 0.25) is 0 Å². The van der Waals surface area contributed by atoms with E-state index in [4.69, 9.17) is 5.73 Å². The summed E-state index contributed by atoms with van der Waals surface area (Å²) >= 11 is 0. The molecule has 1 heterocycles. The van der Waals surface area contributed by atoms with E-state index in [9.17, 15) is 4.79 Å². The van der Waals surface area contributed by atoms with Crippen LogP contribution in [-0.4, -0.2) is 37.0 Å². The summed E-state index contributed by atoms with van der Waals surface area (Å²) in [4.78, 5) is 14.0. The molecule has 0 atom stereocenters. The van der Waals surface area contributed by atoms with Crippen LogP contribution in [-0.2, 0) is 0 Å². The fraction of sp³-hybridized carbons (Fsp3) is 0.417. The van der Waals surface area contributed by atoms with Gasteiger partial charge in [0.1, 0.15) is 0 Å². The van der Waals surface area contributed by atoms with E-state index < -0.39 is 0 Å². The molecule has 0 radical (unpaired) electrons. The number of nitrogens with zero attached hydrogens (tertiary/aromatic N) is 1. The molecule has 86 valence electrons. The second kappa shape index (κ2) is 4.99. The number of hydrogen-bond donors (Lipinski definition) is 2. The normalized spacial score (nSPS) is 16.9. The van der Waals surface area contributed by atoms with Crippen LogP contribution in [0, 0.1) is 0 Å². The Morgan fingerprint density at radius 3 is 3.00 bits per heavy atom. The summed E-state index contributed by atoms with van der Waals surface area (Å²) in [6.45, 7) is 3.45. The van der Waals surface area contributed by atoms with Gasteiger partial charge in [-0.1, -0.05) is 6.07 Å². The molecule has 4 heteroatoms. The van der Waals surface area contributed by atoms with Gasteiger partial charge in [0.05, 0.1) is 0 Å². The van der Waals surface area contributed by atoms with Gasteiger partial charge >= 0.3 is 0 Å². The summed E-state index contributed by atoms with van der Waals surface area (Å²) in [5.41, 5.74) is 6.99. The van der Waals surface area contributed by atoms with Gasteiger partial charge in [-0.15, -0.1) is 0 Å². The molecular weight excluding hydrogens is 202 g/mol. The fourth-order valence-electron chi connectivity index (χ4n) is 1.90. The maximum absolute atomic E-state index is 12.1. The number of benzene rings is 1. The van der Waals surface area contributed by atoms with Crippen molar-refractivity contribution in [3.8, 4) is 0 Å². The van der Waals surface area contributed by atoms with Crippen LogP contribution in [0.3, 0.4) is 0 Å². The monoisotopic (exact) mass is 219 g/mol. The summed E-state index contributed by atoms with van der Waals surface area (Å²) < 4.78 is 0. The summed E-state index contributed by atoms with van der Waals surface area (Å²) in [6.07, 6.45) is 1.01. The molecule has 2 rings (SSSR count). The molecule has 1 aliphatic rings. The zero-order valence-electron chi connectivity index (χ0n) is 9.28. The van der Waals surface area contributed by atoms with Crippen molar-refractivity contribution in [3.63, 3.8) is 0 Å². The zero-order chi connectivity index (χ0) is 11.4. The average molecular weight is 219 g/mol. The molecule has 1 aromatic rings. The number of nitrogen functional groups attached to an aromatic ring is 1. The van der Waals surface area contributed by atoms with Gasteiger partial charge < -0.3 is 16.0 Å². The van der Waals surface area contributed by atoms with Crippen molar-refractivity contribution in [2.75, 3.05) is 31.9 Å². The van der Waals surface area contributed by atoms with Crippen LogP contribution in [0.15, 0.2) is 24.3 Å². The SMILES string of the molecule is Nc1cccc(C(=O)N2CCCNCC2)c1. The molecule has 0 saturated carbocycles. The van der Waals surface area contributed by atoms with Crippen LogP contribution in [0.5, 0.6) is 0 Å². The molecule has 0 spiro atoms. The first-order valence-electron chi connectivity index (χ1n) is 5.63. The predicted octanol–water partition coefficient (Wildman–Crippen LogP) is 0.704. The van der Waals surface area contributed by atoms with Crippen LogP contribution < -0.4 is 11.1 Å². The average Bonchev–Trinajstić information content (AvgIpc) is 2.56. The number of amides is 1. The van der Waals surface area contributed by atoms with Gasteiger partial charge in [0.2, 0.25) is 0 Å². The molecule has 0 bridgehead atoms. The van der Waals surface area contributed by atoms with Crippen molar-refractivity contribution >= 4 is 11.6 Å². The first-order chi connectivity index (χ1) is 7.77. The lowest BCUT2D eigenvalue weighted by Gasteiger charge is -2.20. The number of anilines is 1. The number of nitrogens with one attached hydrogen (secondary N) is 1. The van der Waals surface area contributed by atoms with E-state index in [1.54, 1.807) is 12.1 Å². The van der Waals surface area contributed by atoms with Gasteiger partial charge in [-0.2, -0.15) is 0 Å². The molecule has 1 saturated heterocycles. The molecule has 1 aliphatic heterocycles. The second-order valence-corrected chi connectivity index (χ2v) is 4.02. The second-order valence-electron chi connectivity index (χ2n) is 4.02. The van der Waals surface area contributed by atoms with Crippen molar-refractivity contribution in [2.24, 2.45) is 0 Å². The number of nitrogens with two attached hydrogens (primary N) is 1. The predicted molar refractivity (Wildman–Crippen MR) is 64.2 cm³/mol. The number of carbonyl (C=O) groups excluding carboxylic acids is 1. The Balaban J connectivity index is 2.11. The third-order valence-electron chi connectivity index (χ3n) is 2.76. The number of carbonyl (C=O) groups is 1. The minimum absolute atomic E-state index is 0.0796. The summed E-state index contributed by atoms with van der Waals surface area (Å²) in [5.74, 6) is 0.0796. The standard InChI is InChI=1S/C12H17N3O/c13-11-4-1-3-10(9-11)12(16)15-7-2-5-14-6-8-15/h1,3-4,9,14H,2,5-8,13H2. The summed E-state index contributed by atoms with van der Waals surface area (Å²) in [6, 6.07) is 7.16. The number of hydrogen-bond acceptors (Lipinski definition) is 3. The Morgan fingerprint density at radius 1 is 1.31 bits per heavy atom. The molecule has 4 nitrogen and oxygen atoms in total. The Hall–Kier alpha value is -1.55. The molecule has 16 heavy (non-hydrogen) atoms. The highest BCUT2D eigenvalue weighted by Crippen LogP contribution is 2.10. The highest BCUT2D eigenvalue weighted by Gasteiger charge is 2.16. The Labute approximate surface area is 95.4 Å². The summed E-state index contributed by atoms with van der Waals surface area (Å²) in [5, 5.41) is 3.28. The van der Waals surface area contributed by atoms with E-state index in [0.717, 1.165) is 32.6 Å². The maximum atomic E-state index is 12.1. The molecule has 1 fully saturated rings. The van der Waals surface area contributed by atoms with Gasteiger partial charge in [0.25, 0.3) is 5.91 Å². The van der Waals surface area contributed by atoms with Gasteiger partial charge in [-0.25, -0.2) is 0 Å². The van der Waals surface area contributed by atoms with Crippen molar-refractivity contribution in [1.82, 2.24) is 10.2 Å². The molecule has 0 unspecified atom stereocenters. The quantitative estimate of drug-likeness (QED) is 0.684. The van der Waals surface area contributed by atoms with E-state index in [-0.39, 0.29) is 5.91 Å². The highest BCUT2D eigenvalue weighted by atomic mass is 16.2. The lowest BCUT2D eigenvalue weighted by atomic mass is 10.1. The highest BCUT2D eigenvalue weighted by molar-refractivity contribution is 5.95. The minimum atomic E-state index is 0.0796. The lowest BCUT2D eigenvalue weighted by Crippen LogP contribution is -2.34. The van der Waals surface area contributed by atoms with E-state index >= 15 is 0 Å². The number of rotatable bonds is 1. The smallest absolute Gasteiger partial charge is 0.253 e. The third kappa shape index (κ3) is 2.52. The van der Waals surface area contributed by atoms with Gasteiger partial charge in [-0.3, -0.25) is 4.79 Å². The molecule has 1 aromatic carbocycles. The van der Waals surface area contributed by atoms with E-state index in [2.05, 4.69) is 5.32 Å². The van der Waals surface area contributed by atoms with Crippen LogP contribution in [0.25, 0.3) is 0 Å². The first kappa shape index (κ1) is 11.0. The summed E-state index contributed by atoms with van der Waals surface area (Å²) in [7, 11) is 0. The van der Waals surface area contributed by atoms with Crippen molar-refractivity contribution in [2.45, 2.75) is 6.42 Å².